The van der Waals surface area contributed by atoms with Crippen LogP contribution in [0, 0.1) is 6.92 Å². The molecule has 1 saturated heterocycles. The van der Waals surface area contributed by atoms with Crippen molar-refractivity contribution in [1.82, 2.24) is 19.7 Å². The number of carbonyl (C=O) groups is 1. The number of carbonyl (C=O) groups excluding carboxylic acids is 1. The summed E-state index contributed by atoms with van der Waals surface area (Å²) in [6.45, 7) is 10.8. The average Bonchev–Trinajstić information content (AvgIpc) is 3.42. The maximum atomic E-state index is 13.4. The van der Waals surface area contributed by atoms with Crippen LogP contribution >= 0.6 is 0 Å². The second-order valence-corrected chi connectivity index (χ2v) is 12.7. The molecule has 0 bridgehead atoms. The number of aryl methyl sites for hydroxylation is 1. The van der Waals surface area contributed by atoms with E-state index in [2.05, 4.69) is 77.7 Å². The summed E-state index contributed by atoms with van der Waals surface area (Å²) in [5.41, 5.74) is 6.53. The van der Waals surface area contributed by atoms with Crippen LogP contribution in [0.3, 0.4) is 0 Å². The first-order valence-corrected chi connectivity index (χ1v) is 15.3. The summed E-state index contributed by atoms with van der Waals surface area (Å²) in [5.74, 6) is 0.568. The third-order valence-corrected chi connectivity index (χ3v) is 8.18. The first-order valence-electron chi connectivity index (χ1n) is 15.3. The van der Waals surface area contributed by atoms with Gasteiger partial charge in [0, 0.05) is 35.7 Å². The third-order valence-electron chi connectivity index (χ3n) is 8.18. The van der Waals surface area contributed by atoms with E-state index in [1.807, 2.05) is 49.4 Å². The second-order valence-electron chi connectivity index (χ2n) is 12.7. The van der Waals surface area contributed by atoms with Gasteiger partial charge in [-0.25, -0.2) is 9.48 Å². The molecule has 2 aromatic heterocycles. The van der Waals surface area contributed by atoms with E-state index >= 15 is 0 Å². The van der Waals surface area contributed by atoms with Gasteiger partial charge >= 0.3 is 6.03 Å². The Morgan fingerprint density at radius 2 is 1.75 bits per heavy atom. The first kappa shape index (κ1) is 29.5. The molecule has 3 aromatic carbocycles. The summed E-state index contributed by atoms with van der Waals surface area (Å²) in [7, 11) is 0. The molecule has 8 nitrogen and oxygen atoms in total. The predicted molar refractivity (Wildman–Crippen MR) is 177 cm³/mol. The average molecular weight is 589 g/mol. The van der Waals surface area contributed by atoms with Crippen molar-refractivity contribution in [2.45, 2.75) is 58.6 Å². The number of β-amino-alcohol motifs (C(OH)–C–C–N with tert-alkyl or cyclic N) is 1. The number of pyridine rings is 1. The maximum absolute atomic E-state index is 13.4. The SMILES string of the molecule is Cc1ccc(-n2nc(C(C)(C)C)cc2NC(=O)Nc2ccc(-c3ccc(CN4CCCC(O)C4)cc3)c3ccccc23)cn1. The van der Waals surface area contributed by atoms with Crippen molar-refractivity contribution < 1.29 is 9.90 Å². The molecule has 1 aliphatic heterocycles. The van der Waals surface area contributed by atoms with Crippen LogP contribution in [0.1, 0.15) is 50.6 Å². The van der Waals surface area contributed by atoms with Crippen LogP contribution in [0.2, 0.25) is 0 Å². The minimum absolute atomic E-state index is 0.198. The van der Waals surface area contributed by atoms with E-state index in [0.29, 0.717) is 5.82 Å². The van der Waals surface area contributed by atoms with E-state index in [4.69, 9.17) is 5.10 Å². The Labute approximate surface area is 258 Å². The number of likely N-dealkylation sites (tertiary alicyclic amines) is 1. The highest BCUT2D eigenvalue weighted by molar-refractivity contribution is 6.09. The van der Waals surface area contributed by atoms with Crippen molar-refractivity contribution in [3.05, 3.63) is 102 Å². The zero-order valence-electron chi connectivity index (χ0n) is 25.8. The number of nitrogens with zero attached hydrogens (tertiary/aromatic N) is 4. The molecule has 1 atom stereocenters. The lowest BCUT2D eigenvalue weighted by atomic mass is 9.92. The van der Waals surface area contributed by atoms with E-state index in [-0.39, 0.29) is 17.6 Å². The van der Waals surface area contributed by atoms with Gasteiger partial charge in [0.25, 0.3) is 0 Å². The second kappa shape index (κ2) is 12.2. The highest BCUT2D eigenvalue weighted by Crippen LogP contribution is 2.34. The molecule has 44 heavy (non-hydrogen) atoms. The zero-order chi connectivity index (χ0) is 30.8. The van der Waals surface area contributed by atoms with Crippen LogP contribution < -0.4 is 10.6 Å². The number of aromatic nitrogens is 3. The number of anilines is 2. The van der Waals surface area contributed by atoms with Gasteiger partial charge in [0.2, 0.25) is 0 Å². The number of urea groups is 1. The number of rotatable bonds is 6. The summed E-state index contributed by atoms with van der Waals surface area (Å²) < 4.78 is 1.73. The highest BCUT2D eigenvalue weighted by atomic mass is 16.3. The van der Waals surface area contributed by atoms with Gasteiger partial charge in [0.05, 0.1) is 29.4 Å². The predicted octanol–water partition coefficient (Wildman–Crippen LogP) is 7.29. The number of fused-ring (bicyclic) bond motifs is 1. The number of benzene rings is 3. The first-order chi connectivity index (χ1) is 21.1. The highest BCUT2D eigenvalue weighted by Gasteiger charge is 2.22. The van der Waals surface area contributed by atoms with Gasteiger partial charge in [0.15, 0.2) is 0 Å². The van der Waals surface area contributed by atoms with Crippen LogP contribution in [0.15, 0.2) is 85.1 Å². The van der Waals surface area contributed by atoms with E-state index in [1.165, 1.54) is 5.56 Å². The van der Waals surface area contributed by atoms with E-state index in [1.54, 1.807) is 10.9 Å². The summed E-state index contributed by atoms with van der Waals surface area (Å²) in [4.78, 5) is 20.1. The van der Waals surface area contributed by atoms with Gasteiger partial charge in [0.1, 0.15) is 5.82 Å². The molecule has 0 radical (unpaired) electrons. The molecule has 0 spiro atoms. The number of nitrogens with one attached hydrogen (secondary N) is 2. The van der Waals surface area contributed by atoms with E-state index in [9.17, 15) is 9.90 Å². The van der Waals surface area contributed by atoms with Gasteiger partial charge < -0.3 is 10.4 Å². The molecule has 1 fully saturated rings. The molecule has 0 aliphatic carbocycles. The number of amides is 2. The van der Waals surface area contributed by atoms with E-state index < -0.39 is 0 Å². The fourth-order valence-electron chi connectivity index (χ4n) is 5.77. The van der Waals surface area contributed by atoms with Crippen LogP contribution in [0.5, 0.6) is 0 Å². The molecule has 2 amide bonds. The van der Waals surface area contributed by atoms with Crippen LogP contribution in [0.25, 0.3) is 27.6 Å². The molecule has 3 heterocycles. The Hall–Kier alpha value is -4.53. The Bertz CT molecular complexity index is 1770. The van der Waals surface area contributed by atoms with Gasteiger partial charge in [-0.2, -0.15) is 5.10 Å². The zero-order valence-corrected chi connectivity index (χ0v) is 25.8. The van der Waals surface area contributed by atoms with Crippen molar-refractivity contribution in [1.29, 1.82) is 0 Å². The van der Waals surface area contributed by atoms with Gasteiger partial charge in [-0.1, -0.05) is 75.4 Å². The number of hydrogen-bond donors (Lipinski definition) is 3. The molecule has 1 unspecified atom stereocenters. The minimum atomic E-state index is -0.350. The van der Waals surface area contributed by atoms with Crippen molar-refractivity contribution in [3.8, 4) is 16.8 Å². The van der Waals surface area contributed by atoms with Crippen molar-refractivity contribution >= 4 is 28.3 Å². The number of piperidine rings is 1. The van der Waals surface area contributed by atoms with Crippen molar-refractivity contribution in [2.75, 3.05) is 23.7 Å². The lowest BCUT2D eigenvalue weighted by Crippen LogP contribution is -2.37. The van der Waals surface area contributed by atoms with Crippen molar-refractivity contribution in [3.63, 3.8) is 0 Å². The fourth-order valence-corrected chi connectivity index (χ4v) is 5.77. The largest absolute Gasteiger partial charge is 0.392 e. The normalized spacial score (nSPS) is 15.8. The minimum Gasteiger partial charge on any atom is -0.392 e. The number of hydrogen-bond acceptors (Lipinski definition) is 5. The fraction of sp³-hybridized carbons (Fsp3) is 0.306. The summed E-state index contributed by atoms with van der Waals surface area (Å²) in [6.07, 6.45) is 3.46. The molecule has 226 valence electrons. The third kappa shape index (κ3) is 6.51. The Kier molecular flexibility index (Phi) is 8.21. The van der Waals surface area contributed by atoms with Crippen LogP contribution in [-0.4, -0.2) is 50.0 Å². The topological polar surface area (TPSA) is 95.3 Å². The summed E-state index contributed by atoms with van der Waals surface area (Å²) in [5, 5.41) is 22.9. The van der Waals surface area contributed by atoms with Crippen LogP contribution in [-0.2, 0) is 12.0 Å². The molecule has 0 saturated carbocycles. The van der Waals surface area contributed by atoms with Crippen molar-refractivity contribution in [2.24, 2.45) is 0 Å². The lowest BCUT2D eigenvalue weighted by Gasteiger charge is -2.30. The molecule has 3 N–H and O–H groups in total. The van der Waals surface area contributed by atoms with Gasteiger partial charge in [-0.15, -0.1) is 0 Å². The summed E-state index contributed by atoms with van der Waals surface area (Å²) >= 11 is 0. The molecular formula is C36H40N6O2. The Balaban J connectivity index is 1.23. The smallest absolute Gasteiger partial charge is 0.324 e. The Morgan fingerprint density at radius 1 is 0.977 bits per heavy atom. The van der Waals surface area contributed by atoms with Crippen LogP contribution in [0.4, 0.5) is 16.3 Å². The Morgan fingerprint density at radius 3 is 2.45 bits per heavy atom. The monoisotopic (exact) mass is 588 g/mol. The standard InChI is InChI=1S/C36H40N6O2/c1-24-11-16-27(21-37-24)42-34(20-33(40-42)36(2,3)4)39-35(44)38-32-18-17-29(30-9-5-6-10-31(30)32)26-14-12-25(13-15-26)22-41-19-7-8-28(43)23-41/h5-6,9-18,20-21,28,43H,7-8,19,22-23H2,1-4H3,(H2,38,39,44). The lowest BCUT2D eigenvalue weighted by molar-refractivity contribution is 0.0668. The number of aliphatic hydroxyl groups is 1. The molecule has 6 rings (SSSR count). The number of aliphatic hydroxyl groups excluding tert-OH is 1. The maximum Gasteiger partial charge on any atom is 0.324 e. The molecule has 1 aliphatic rings. The molecule has 5 aromatic rings. The quantitative estimate of drug-likeness (QED) is 0.194. The summed E-state index contributed by atoms with van der Waals surface area (Å²) in [6, 6.07) is 26.2. The van der Waals surface area contributed by atoms with Gasteiger partial charge in [-0.05, 0) is 66.6 Å². The van der Waals surface area contributed by atoms with Gasteiger partial charge in [-0.3, -0.25) is 15.2 Å². The molecule has 8 heteroatoms. The van der Waals surface area contributed by atoms with E-state index in [0.717, 1.165) is 77.1 Å². The molecular weight excluding hydrogens is 548 g/mol.